The number of aldehydes is 1. The van der Waals surface area contributed by atoms with Gasteiger partial charge in [-0.1, -0.05) is 11.6 Å². The summed E-state index contributed by atoms with van der Waals surface area (Å²) in [7, 11) is 3.11. The highest BCUT2D eigenvalue weighted by Gasteiger charge is 2.15. The van der Waals surface area contributed by atoms with Crippen molar-refractivity contribution >= 4 is 23.8 Å². The number of rotatable bonds is 6. The number of methoxy groups -OCH3 is 1. The number of hydrogen-bond donors (Lipinski definition) is 0. The van der Waals surface area contributed by atoms with Crippen LogP contribution in [-0.4, -0.2) is 44.4 Å². The molecule has 5 nitrogen and oxygen atoms in total. The molecule has 0 spiro atoms. The molecule has 0 aromatic heterocycles. The van der Waals surface area contributed by atoms with Gasteiger partial charge in [-0.25, -0.2) is 0 Å². The lowest BCUT2D eigenvalue weighted by atomic mass is 10.2. The average Bonchev–Trinajstić information content (AvgIpc) is 2.43. The number of hydrogen-bond acceptors (Lipinski definition) is 4. The summed E-state index contributed by atoms with van der Waals surface area (Å²) in [6.45, 7) is 2.28. The summed E-state index contributed by atoms with van der Waals surface area (Å²) < 4.78 is 10.5. The maximum absolute atomic E-state index is 11.7. The van der Waals surface area contributed by atoms with Gasteiger partial charge in [0.15, 0.2) is 24.4 Å². The second-order valence-electron chi connectivity index (χ2n) is 3.84. The SMILES string of the molecule is CCN(C)C(=O)COc1c(C=O)cc(Cl)cc1OC. The largest absolute Gasteiger partial charge is 0.493 e. The first-order chi connectivity index (χ1) is 9.03. The summed E-state index contributed by atoms with van der Waals surface area (Å²) in [5.41, 5.74) is 0.247. The van der Waals surface area contributed by atoms with E-state index in [0.29, 0.717) is 23.6 Å². The fourth-order valence-corrected chi connectivity index (χ4v) is 1.62. The molecule has 0 atom stereocenters. The van der Waals surface area contributed by atoms with Gasteiger partial charge >= 0.3 is 0 Å². The summed E-state index contributed by atoms with van der Waals surface area (Å²) >= 11 is 5.85. The van der Waals surface area contributed by atoms with Crippen molar-refractivity contribution < 1.29 is 19.1 Å². The number of ether oxygens (including phenoxy) is 2. The Morgan fingerprint density at radius 3 is 2.68 bits per heavy atom. The van der Waals surface area contributed by atoms with E-state index >= 15 is 0 Å². The topological polar surface area (TPSA) is 55.8 Å². The minimum Gasteiger partial charge on any atom is -0.493 e. The summed E-state index contributed by atoms with van der Waals surface area (Å²) in [4.78, 5) is 24.2. The second kappa shape index (κ2) is 6.99. The van der Waals surface area contributed by atoms with Crippen molar-refractivity contribution in [2.45, 2.75) is 6.92 Å². The van der Waals surface area contributed by atoms with E-state index in [1.807, 2.05) is 6.92 Å². The minimum absolute atomic E-state index is 0.164. The van der Waals surface area contributed by atoms with Gasteiger partial charge in [0.1, 0.15) is 0 Å². The smallest absolute Gasteiger partial charge is 0.260 e. The number of benzene rings is 1. The van der Waals surface area contributed by atoms with Gasteiger partial charge < -0.3 is 14.4 Å². The molecule has 0 saturated heterocycles. The number of carbonyl (C=O) groups excluding carboxylic acids is 2. The maximum Gasteiger partial charge on any atom is 0.260 e. The molecule has 0 N–H and O–H groups in total. The molecule has 1 aromatic rings. The normalized spacial score (nSPS) is 9.89. The van der Waals surface area contributed by atoms with Crippen molar-refractivity contribution in [3.63, 3.8) is 0 Å². The predicted molar refractivity (Wildman–Crippen MR) is 72.2 cm³/mol. The van der Waals surface area contributed by atoms with Gasteiger partial charge in [-0.05, 0) is 13.0 Å². The van der Waals surface area contributed by atoms with Gasteiger partial charge in [0.2, 0.25) is 0 Å². The zero-order chi connectivity index (χ0) is 14.4. The van der Waals surface area contributed by atoms with Gasteiger partial charge in [-0.3, -0.25) is 9.59 Å². The monoisotopic (exact) mass is 285 g/mol. The molecule has 0 aliphatic heterocycles. The van der Waals surface area contributed by atoms with Crippen LogP contribution in [0.25, 0.3) is 0 Å². The van der Waals surface area contributed by atoms with Crippen LogP contribution in [0.4, 0.5) is 0 Å². The van der Waals surface area contributed by atoms with Crippen LogP contribution in [0.1, 0.15) is 17.3 Å². The quantitative estimate of drug-likeness (QED) is 0.750. The number of nitrogens with zero attached hydrogens (tertiary/aromatic N) is 1. The number of likely N-dealkylation sites (N-methyl/N-ethyl adjacent to an activating group) is 1. The van der Waals surface area contributed by atoms with Gasteiger partial charge in [0.05, 0.1) is 12.7 Å². The first-order valence-electron chi connectivity index (χ1n) is 5.73. The van der Waals surface area contributed by atoms with E-state index in [0.717, 1.165) is 0 Å². The number of amides is 1. The fraction of sp³-hybridized carbons (Fsp3) is 0.385. The lowest BCUT2D eigenvalue weighted by molar-refractivity contribution is -0.131. The third kappa shape index (κ3) is 3.86. The molecule has 0 aliphatic rings. The van der Waals surface area contributed by atoms with E-state index in [2.05, 4.69) is 0 Å². The van der Waals surface area contributed by atoms with Gasteiger partial charge in [-0.2, -0.15) is 0 Å². The second-order valence-corrected chi connectivity index (χ2v) is 4.28. The molecule has 0 unspecified atom stereocenters. The van der Waals surface area contributed by atoms with Crippen LogP contribution in [-0.2, 0) is 4.79 Å². The van der Waals surface area contributed by atoms with Gasteiger partial charge in [-0.15, -0.1) is 0 Å². The van der Waals surface area contributed by atoms with Crippen molar-refractivity contribution in [2.75, 3.05) is 27.3 Å². The van der Waals surface area contributed by atoms with E-state index in [1.165, 1.54) is 24.1 Å². The third-order valence-corrected chi connectivity index (χ3v) is 2.85. The van der Waals surface area contributed by atoms with E-state index < -0.39 is 0 Å². The molecule has 6 heteroatoms. The fourth-order valence-electron chi connectivity index (χ4n) is 1.40. The van der Waals surface area contributed by atoms with Crippen LogP contribution in [0.5, 0.6) is 11.5 Å². The van der Waals surface area contributed by atoms with Crippen molar-refractivity contribution in [3.05, 3.63) is 22.7 Å². The van der Waals surface area contributed by atoms with Crippen LogP contribution < -0.4 is 9.47 Å². The summed E-state index contributed by atoms with van der Waals surface area (Å²) in [5.74, 6) is 0.359. The molecule has 0 fully saturated rings. The van der Waals surface area contributed by atoms with Crippen LogP contribution >= 0.6 is 11.6 Å². The molecule has 104 valence electrons. The van der Waals surface area contributed by atoms with Crippen LogP contribution in [0.15, 0.2) is 12.1 Å². The third-order valence-electron chi connectivity index (χ3n) is 2.64. The van der Waals surface area contributed by atoms with Crippen LogP contribution in [0.2, 0.25) is 5.02 Å². The minimum atomic E-state index is -0.184. The van der Waals surface area contributed by atoms with E-state index in [4.69, 9.17) is 21.1 Å². The first kappa shape index (κ1) is 15.3. The first-order valence-corrected chi connectivity index (χ1v) is 6.10. The average molecular weight is 286 g/mol. The number of carbonyl (C=O) groups is 2. The molecule has 0 saturated carbocycles. The molecule has 19 heavy (non-hydrogen) atoms. The highest BCUT2D eigenvalue weighted by atomic mass is 35.5. The Morgan fingerprint density at radius 1 is 1.47 bits per heavy atom. The van der Waals surface area contributed by atoms with Crippen LogP contribution in [0, 0.1) is 0 Å². The van der Waals surface area contributed by atoms with Gasteiger partial charge in [0.25, 0.3) is 5.91 Å². The van der Waals surface area contributed by atoms with E-state index in [9.17, 15) is 9.59 Å². The molecule has 0 radical (unpaired) electrons. The Hall–Kier alpha value is -1.75. The molecular formula is C13H16ClNO4. The van der Waals surface area contributed by atoms with Crippen molar-refractivity contribution in [1.82, 2.24) is 4.90 Å². The Balaban J connectivity index is 2.93. The van der Waals surface area contributed by atoms with E-state index in [1.54, 1.807) is 7.05 Å². The van der Waals surface area contributed by atoms with Crippen LogP contribution in [0.3, 0.4) is 0 Å². The summed E-state index contributed by atoms with van der Waals surface area (Å²) in [6, 6.07) is 2.98. The Bertz CT molecular complexity index is 476. The van der Waals surface area contributed by atoms with E-state index in [-0.39, 0.29) is 23.8 Å². The van der Waals surface area contributed by atoms with Crippen molar-refractivity contribution in [1.29, 1.82) is 0 Å². The summed E-state index contributed by atoms with van der Waals surface area (Å²) in [6.07, 6.45) is 0.609. The predicted octanol–water partition coefficient (Wildman–Crippen LogP) is 2.02. The van der Waals surface area contributed by atoms with Gasteiger partial charge in [0, 0.05) is 24.7 Å². The zero-order valence-corrected chi connectivity index (χ0v) is 11.9. The molecule has 0 heterocycles. The maximum atomic E-state index is 11.7. The molecule has 1 aromatic carbocycles. The lowest BCUT2D eigenvalue weighted by Crippen LogP contribution is -2.31. The molecular weight excluding hydrogens is 270 g/mol. The summed E-state index contributed by atoms with van der Waals surface area (Å²) in [5, 5.41) is 0.364. The van der Waals surface area contributed by atoms with Crippen molar-refractivity contribution in [3.8, 4) is 11.5 Å². The molecule has 1 amide bonds. The van der Waals surface area contributed by atoms with Crippen molar-refractivity contribution in [2.24, 2.45) is 0 Å². The standard InChI is InChI=1S/C13H16ClNO4/c1-4-15(2)12(17)8-19-13-9(7-16)5-10(14)6-11(13)18-3/h5-7H,4,8H2,1-3H3. The highest BCUT2D eigenvalue weighted by Crippen LogP contribution is 2.33. The highest BCUT2D eigenvalue weighted by molar-refractivity contribution is 6.31. The Kier molecular flexibility index (Phi) is 5.63. The molecule has 1 rings (SSSR count). The zero-order valence-electron chi connectivity index (χ0n) is 11.1. The molecule has 0 aliphatic carbocycles. The Morgan fingerprint density at radius 2 is 2.16 bits per heavy atom. The number of halogens is 1. The molecule has 0 bridgehead atoms. The lowest BCUT2D eigenvalue weighted by Gasteiger charge is -2.17. The Labute approximate surface area is 117 Å².